The molecule has 2 atom stereocenters. The van der Waals surface area contributed by atoms with E-state index in [2.05, 4.69) is 13.8 Å². The molecule has 0 fully saturated rings. The third kappa shape index (κ3) is 2.88. The van der Waals surface area contributed by atoms with Crippen molar-refractivity contribution in [3.63, 3.8) is 0 Å². The number of ether oxygens (including phenoxy) is 1. The van der Waals surface area contributed by atoms with Crippen LogP contribution < -0.4 is 4.74 Å². The van der Waals surface area contributed by atoms with Gasteiger partial charge < -0.3 is 9.84 Å². The number of aliphatic hydroxyl groups is 1. The van der Waals surface area contributed by atoms with Gasteiger partial charge in [-0.2, -0.15) is 0 Å². The van der Waals surface area contributed by atoms with Crippen molar-refractivity contribution in [2.75, 3.05) is 0 Å². The van der Waals surface area contributed by atoms with Crippen molar-refractivity contribution >= 4 is 0 Å². The van der Waals surface area contributed by atoms with E-state index in [1.54, 1.807) is 12.1 Å². The van der Waals surface area contributed by atoms with E-state index in [1.165, 1.54) is 11.6 Å². The normalized spacial score (nSPS) is 27.7. The molecule has 3 heteroatoms. The first-order valence-corrected chi connectivity index (χ1v) is 7.24. The molecule has 108 valence electrons. The maximum atomic E-state index is 13.2. The quantitative estimate of drug-likeness (QED) is 0.836. The highest BCUT2D eigenvalue weighted by atomic mass is 19.1. The highest BCUT2D eigenvalue weighted by Crippen LogP contribution is 2.39. The molecular formula is C17H21FO2. The summed E-state index contributed by atoms with van der Waals surface area (Å²) in [6.07, 6.45) is 5.06. The van der Waals surface area contributed by atoms with Crippen molar-refractivity contribution in [2.45, 2.75) is 51.7 Å². The Morgan fingerprint density at radius 1 is 1.40 bits per heavy atom. The van der Waals surface area contributed by atoms with Gasteiger partial charge in [0.15, 0.2) is 0 Å². The molecule has 2 unspecified atom stereocenters. The molecular weight excluding hydrogens is 255 g/mol. The van der Waals surface area contributed by atoms with Crippen molar-refractivity contribution in [2.24, 2.45) is 5.41 Å². The summed E-state index contributed by atoms with van der Waals surface area (Å²) < 4.78 is 19.1. The van der Waals surface area contributed by atoms with Crippen LogP contribution in [-0.4, -0.2) is 17.3 Å². The molecule has 1 aliphatic heterocycles. The molecule has 0 aromatic heterocycles. The fourth-order valence-electron chi connectivity index (χ4n) is 3.48. The van der Waals surface area contributed by atoms with Gasteiger partial charge in [0, 0.05) is 18.4 Å². The first-order chi connectivity index (χ1) is 9.41. The van der Waals surface area contributed by atoms with Crippen LogP contribution in [-0.2, 0) is 6.42 Å². The zero-order chi connectivity index (χ0) is 14.3. The van der Waals surface area contributed by atoms with Crippen LogP contribution in [0.2, 0.25) is 0 Å². The lowest BCUT2D eigenvalue weighted by Gasteiger charge is -2.33. The Morgan fingerprint density at radius 3 is 2.95 bits per heavy atom. The average Bonchev–Trinajstić information content (AvgIpc) is 2.67. The van der Waals surface area contributed by atoms with Gasteiger partial charge in [-0.3, -0.25) is 0 Å². The predicted molar refractivity (Wildman–Crippen MR) is 76.2 cm³/mol. The van der Waals surface area contributed by atoms with Crippen LogP contribution in [0.5, 0.6) is 5.75 Å². The van der Waals surface area contributed by atoms with E-state index in [-0.39, 0.29) is 23.4 Å². The van der Waals surface area contributed by atoms with Gasteiger partial charge in [0.25, 0.3) is 0 Å². The predicted octanol–water partition coefficient (Wildman–Crippen LogP) is 3.63. The monoisotopic (exact) mass is 276 g/mol. The standard InChI is InChI=1S/C17H21FO2/c1-17(2)9-11(5-14(19)10-17)6-15-8-12-7-13(18)3-4-16(12)20-15/h3-5,7,14-15,19H,6,8-10H2,1-2H3. The van der Waals surface area contributed by atoms with E-state index in [0.29, 0.717) is 0 Å². The molecule has 0 amide bonds. The molecule has 1 aliphatic carbocycles. The topological polar surface area (TPSA) is 29.5 Å². The van der Waals surface area contributed by atoms with Crippen LogP contribution >= 0.6 is 0 Å². The van der Waals surface area contributed by atoms with Crippen molar-refractivity contribution in [3.8, 4) is 5.75 Å². The van der Waals surface area contributed by atoms with Crippen molar-refractivity contribution in [1.29, 1.82) is 0 Å². The maximum absolute atomic E-state index is 13.2. The highest BCUT2D eigenvalue weighted by Gasteiger charge is 2.31. The average molecular weight is 276 g/mol. The summed E-state index contributed by atoms with van der Waals surface area (Å²) in [7, 11) is 0. The number of aliphatic hydroxyl groups excluding tert-OH is 1. The summed E-state index contributed by atoms with van der Waals surface area (Å²) in [5.41, 5.74) is 2.35. The van der Waals surface area contributed by atoms with Gasteiger partial charge in [-0.05, 0) is 36.5 Å². The number of halogens is 1. The molecule has 3 rings (SSSR count). The van der Waals surface area contributed by atoms with Crippen LogP contribution in [0.25, 0.3) is 0 Å². The zero-order valence-corrected chi connectivity index (χ0v) is 12.0. The minimum Gasteiger partial charge on any atom is -0.489 e. The minimum atomic E-state index is -0.352. The summed E-state index contributed by atoms with van der Waals surface area (Å²) in [6.45, 7) is 4.37. The fourth-order valence-corrected chi connectivity index (χ4v) is 3.48. The van der Waals surface area contributed by atoms with E-state index in [9.17, 15) is 9.50 Å². The van der Waals surface area contributed by atoms with Crippen molar-refractivity contribution < 1.29 is 14.2 Å². The summed E-state index contributed by atoms with van der Waals surface area (Å²) in [6, 6.07) is 4.70. The Balaban J connectivity index is 1.69. The van der Waals surface area contributed by atoms with E-state index >= 15 is 0 Å². The molecule has 0 bridgehead atoms. The molecule has 1 aromatic rings. The molecule has 1 aromatic carbocycles. The smallest absolute Gasteiger partial charge is 0.123 e. The van der Waals surface area contributed by atoms with Gasteiger partial charge in [-0.15, -0.1) is 0 Å². The zero-order valence-electron chi connectivity index (χ0n) is 12.0. The third-order valence-electron chi connectivity index (χ3n) is 4.15. The van der Waals surface area contributed by atoms with E-state index in [4.69, 9.17) is 4.74 Å². The summed E-state index contributed by atoms with van der Waals surface area (Å²) in [5.74, 6) is 0.592. The summed E-state index contributed by atoms with van der Waals surface area (Å²) >= 11 is 0. The molecule has 20 heavy (non-hydrogen) atoms. The third-order valence-corrected chi connectivity index (χ3v) is 4.15. The van der Waals surface area contributed by atoms with Gasteiger partial charge in [0.05, 0.1) is 6.10 Å². The second kappa shape index (κ2) is 4.88. The Bertz CT molecular complexity index is 548. The molecule has 2 aliphatic rings. The summed E-state index contributed by atoms with van der Waals surface area (Å²) in [5, 5.41) is 9.93. The molecule has 1 heterocycles. The first-order valence-electron chi connectivity index (χ1n) is 7.24. The first kappa shape index (κ1) is 13.6. The Hall–Kier alpha value is -1.35. The van der Waals surface area contributed by atoms with Gasteiger partial charge in [-0.25, -0.2) is 4.39 Å². The van der Waals surface area contributed by atoms with Crippen LogP contribution in [0.4, 0.5) is 4.39 Å². The van der Waals surface area contributed by atoms with Gasteiger partial charge in [0.2, 0.25) is 0 Å². The van der Waals surface area contributed by atoms with Gasteiger partial charge >= 0.3 is 0 Å². The molecule has 0 saturated heterocycles. The Morgan fingerprint density at radius 2 is 2.20 bits per heavy atom. The Kier molecular flexibility index (Phi) is 3.33. The largest absolute Gasteiger partial charge is 0.489 e. The fraction of sp³-hybridized carbons (Fsp3) is 0.529. The Labute approximate surface area is 119 Å². The number of hydrogen-bond acceptors (Lipinski definition) is 2. The van der Waals surface area contributed by atoms with Gasteiger partial charge in [0.1, 0.15) is 17.7 Å². The van der Waals surface area contributed by atoms with E-state index in [0.717, 1.165) is 37.0 Å². The van der Waals surface area contributed by atoms with Crippen LogP contribution in [0.3, 0.4) is 0 Å². The molecule has 0 spiro atoms. The lowest BCUT2D eigenvalue weighted by atomic mass is 9.75. The SMILES string of the molecule is CC1(C)CC(CC2Cc3cc(F)ccc3O2)=CC(O)C1. The number of fused-ring (bicyclic) bond motifs is 1. The second-order valence-electron chi connectivity index (χ2n) is 6.84. The second-order valence-corrected chi connectivity index (χ2v) is 6.84. The van der Waals surface area contributed by atoms with E-state index < -0.39 is 0 Å². The number of rotatable bonds is 2. The van der Waals surface area contributed by atoms with Crippen molar-refractivity contribution in [1.82, 2.24) is 0 Å². The maximum Gasteiger partial charge on any atom is 0.123 e. The van der Waals surface area contributed by atoms with Crippen LogP contribution in [0.1, 0.15) is 38.7 Å². The lowest BCUT2D eigenvalue weighted by Crippen LogP contribution is -2.27. The molecule has 0 saturated carbocycles. The van der Waals surface area contributed by atoms with Crippen molar-refractivity contribution in [3.05, 3.63) is 41.2 Å². The molecule has 2 nitrogen and oxygen atoms in total. The lowest BCUT2D eigenvalue weighted by molar-refractivity contribution is 0.133. The van der Waals surface area contributed by atoms with Crippen LogP contribution in [0.15, 0.2) is 29.8 Å². The highest BCUT2D eigenvalue weighted by molar-refractivity contribution is 5.38. The number of hydrogen-bond donors (Lipinski definition) is 1. The number of benzene rings is 1. The minimum absolute atomic E-state index is 0.0687. The van der Waals surface area contributed by atoms with Gasteiger partial charge in [-0.1, -0.05) is 25.5 Å². The molecule has 0 radical (unpaired) electrons. The van der Waals surface area contributed by atoms with E-state index in [1.807, 2.05) is 6.08 Å². The summed E-state index contributed by atoms with van der Waals surface area (Å²) in [4.78, 5) is 0. The van der Waals surface area contributed by atoms with Crippen LogP contribution in [0, 0.1) is 11.2 Å². The molecule has 1 N–H and O–H groups in total.